The molecule has 1 spiro atoms. The third-order valence-electron chi connectivity index (χ3n) is 4.14. The number of para-hydroxylation sites is 1. The summed E-state index contributed by atoms with van der Waals surface area (Å²) in [5.74, 6) is 0.897. The molecule has 1 aliphatic carbocycles. The number of carbonyl (C=O) groups is 1. The Balaban J connectivity index is 1.89. The largest absolute Gasteiger partial charge is 0.491 e. The zero-order valence-electron chi connectivity index (χ0n) is 11.3. The topological polar surface area (TPSA) is 50.4 Å². The van der Waals surface area contributed by atoms with E-state index < -0.39 is 0 Å². The monoisotopic (exact) mass is 260 g/mol. The van der Waals surface area contributed by atoms with Crippen LogP contribution in [-0.4, -0.2) is 19.1 Å². The number of carbonyl (C=O) groups excluding carboxylic acids is 1. The van der Waals surface area contributed by atoms with E-state index in [1.807, 2.05) is 18.2 Å². The minimum atomic E-state index is -0.207. The average Bonchev–Trinajstić information content (AvgIpc) is 2.52. The number of ether oxygens (including phenoxy) is 1. The van der Waals surface area contributed by atoms with Crippen molar-refractivity contribution < 1.29 is 9.53 Å². The number of nitrogens with one attached hydrogen (secondary N) is 2. The van der Waals surface area contributed by atoms with Crippen molar-refractivity contribution in [3.63, 3.8) is 0 Å². The Kier molecular flexibility index (Phi) is 3.09. The SMILES string of the molecule is CCCOc1cccc2c1NC(=O)C1(CCC1)CN2. The number of anilines is 2. The number of hydrogen-bond acceptors (Lipinski definition) is 3. The Morgan fingerprint density at radius 2 is 2.21 bits per heavy atom. The van der Waals surface area contributed by atoms with E-state index in [1.54, 1.807) is 0 Å². The van der Waals surface area contributed by atoms with Crippen molar-refractivity contribution in [3.8, 4) is 5.75 Å². The van der Waals surface area contributed by atoms with Gasteiger partial charge in [0.2, 0.25) is 5.91 Å². The van der Waals surface area contributed by atoms with Crippen LogP contribution in [0.5, 0.6) is 5.75 Å². The maximum Gasteiger partial charge on any atom is 0.232 e. The van der Waals surface area contributed by atoms with Gasteiger partial charge in [0.25, 0.3) is 0 Å². The van der Waals surface area contributed by atoms with E-state index in [0.717, 1.165) is 49.4 Å². The molecule has 1 aromatic carbocycles. The van der Waals surface area contributed by atoms with E-state index in [2.05, 4.69) is 17.6 Å². The Hall–Kier alpha value is -1.71. The van der Waals surface area contributed by atoms with E-state index in [4.69, 9.17) is 4.74 Å². The van der Waals surface area contributed by atoms with Crippen LogP contribution in [0.15, 0.2) is 18.2 Å². The highest BCUT2D eigenvalue weighted by molar-refractivity contribution is 6.02. The summed E-state index contributed by atoms with van der Waals surface area (Å²) in [6.45, 7) is 3.46. The molecule has 4 nitrogen and oxygen atoms in total. The van der Waals surface area contributed by atoms with Crippen LogP contribution in [0.2, 0.25) is 0 Å². The van der Waals surface area contributed by atoms with Crippen molar-refractivity contribution in [3.05, 3.63) is 18.2 Å². The second-order valence-corrected chi connectivity index (χ2v) is 5.47. The fourth-order valence-electron chi connectivity index (χ4n) is 2.74. The summed E-state index contributed by atoms with van der Waals surface area (Å²) < 4.78 is 5.72. The number of amides is 1. The molecule has 2 aliphatic rings. The lowest BCUT2D eigenvalue weighted by Crippen LogP contribution is -2.45. The maximum absolute atomic E-state index is 12.4. The molecule has 1 aliphatic heterocycles. The quantitative estimate of drug-likeness (QED) is 0.878. The molecule has 19 heavy (non-hydrogen) atoms. The maximum atomic E-state index is 12.4. The summed E-state index contributed by atoms with van der Waals surface area (Å²) >= 11 is 0. The fraction of sp³-hybridized carbons (Fsp3) is 0.533. The van der Waals surface area contributed by atoms with Crippen molar-refractivity contribution >= 4 is 17.3 Å². The van der Waals surface area contributed by atoms with Crippen LogP contribution in [0.1, 0.15) is 32.6 Å². The molecule has 1 aromatic rings. The van der Waals surface area contributed by atoms with Crippen molar-refractivity contribution in [1.82, 2.24) is 0 Å². The predicted molar refractivity (Wildman–Crippen MR) is 75.6 cm³/mol. The predicted octanol–water partition coefficient (Wildman–Crippen LogP) is 3.01. The number of benzene rings is 1. The Bertz CT molecular complexity index is 495. The number of rotatable bonds is 3. The van der Waals surface area contributed by atoms with Gasteiger partial charge in [-0.1, -0.05) is 19.4 Å². The average molecular weight is 260 g/mol. The molecule has 1 fully saturated rings. The minimum absolute atomic E-state index is 0.137. The van der Waals surface area contributed by atoms with Crippen molar-refractivity contribution in [1.29, 1.82) is 0 Å². The van der Waals surface area contributed by atoms with Crippen molar-refractivity contribution in [2.24, 2.45) is 5.41 Å². The molecule has 0 aromatic heterocycles. The first kappa shape index (κ1) is 12.3. The van der Waals surface area contributed by atoms with Crippen LogP contribution in [0.25, 0.3) is 0 Å². The number of hydrogen-bond donors (Lipinski definition) is 2. The third-order valence-corrected chi connectivity index (χ3v) is 4.14. The third kappa shape index (κ3) is 2.05. The zero-order chi connectivity index (χ0) is 13.3. The van der Waals surface area contributed by atoms with Gasteiger partial charge >= 0.3 is 0 Å². The van der Waals surface area contributed by atoms with E-state index in [1.165, 1.54) is 0 Å². The second-order valence-electron chi connectivity index (χ2n) is 5.47. The van der Waals surface area contributed by atoms with Crippen LogP contribution in [0.4, 0.5) is 11.4 Å². The molecule has 1 amide bonds. The van der Waals surface area contributed by atoms with Crippen LogP contribution in [0, 0.1) is 5.41 Å². The lowest BCUT2D eigenvalue weighted by atomic mass is 9.68. The summed E-state index contributed by atoms with van der Waals surface area (Å²) in [5.41, 5.74) is 1.55. The van der Waals surface area contributed by atoms with E-state index >= 15 is 0 Å². The molecule has 3 rings (SSSR count). The smallest absolute Gasteiger partial charge is 0.232 e. The van der Waals surface area contributed by atoms with Crippen LogP contribution < -0.4 is 15.4 Å². The van der Waals surface area contributed by atoms with Gasteiger partial charge in [-0.15, -0.1) is 0 Å². The molecule has 0 unspecified atom stereocenters. The molecular formula is C15H20N2O2. The van der Waals surface area contributed by atoms with Crippen LogP contribution >= 0.6 is 0 Å². The van der Waals surface area contributed by atoms with Gasteiger partial charge in [0.15, 0.2) is 0 Å². The first-order valence-electron chi connectivity index (χ1n) is 7.06. The lowest BCUT2D eigenvalue weighted by Gasteiger charge is -2.38. The van der Waals surface area contributed by atoms with Gasteiger partial charge in [-0.25, -0.2) is 0 Å². The van der Waals surface area contributed by atoms with Gasteiger partial charge in [0, 0.05) is 6.54 Å². The first-order valence-corrected chi connectivity index (χ1v) is 7.06. The van der Waals surface area contributed by atoms with Gasteiger partial charge in [-0.2, -0.15) is 0 Å². The molecule has 102 valence electrons. The molecule has 1 heterocycles. The summed E-state index contributed by atoms with van der Waals surface area (Å²) in [6.07, 6.45) is 4.05. The molecule has 0 atom stereocenters. The summed E-state index contributed by atoms with van der Waals surface area (Å²) in [6, 6.07) is 5.86. The van der Waals surface area contributed by atoms with Gasteiger partial charge in [0.05, 0.1) is 17.7 Å². The highest BCUT2D eigenvalue weighted by atomic mass is 16.5. The van der Waals surface area contributed by atoms with Crippen molar-refractivity contribution in [2.75, 3.05) is 23.8 Å². The summed E-state index contributed by atoms with van der Waals surface area (Å²) in [7, 11) is 0. The minimum Gasteiger partial charge on any atom is -0.491 e. The van der Waals surface area contributed by atoms with Gasteiger partial charge in [0.1, 0.15) is 11.4 Å². The standard InChI is InChI=1S/C15H20N2O2/c1-2-9-19-12-6-3-5-11-13(12)17-14(18)15(10-16-11)7-4-8-15/h3,5-6,16H,2,4,7-10H2,1H3,(H,17,18). The molecule has 0 saturated heterocycles. The lowest BCUT2D eigenvalue weighted by molar-refractivity contribution is -0.129. The summed E-state index contributed by atoms with van der Waals surface area (Å²) in [5, 5.41) is 6.47. The summed E-state index contributed by atoms with van der Waals surface area (Å²) in [4.78, 5) is 12.4. The zero-order valence-corrected chi connectivity index (χ0v) is 11.3. The fourth-order valence-corrected chi connectivity index (χ4v) is 2.74. The molecule has 2 N–H and O–H groups in total. The van der Waals surface area contributed by atoms with Crippen LogP contribution in [0.3, 0.4) is 0 Å². The van der Waals surface area contributed by atoms with Gasteiger partial charge in [-0.05, 0) is 31.4 Å². The molecule has 1 saturated carbocycles. The van der Waals surface area contributed by atoms with Gasteiger partial charge < -0.3 is 15.4 Å². The van der Waals surface area contributed by atoms with Crippen molar-refractivity contribution in [2.45, 2.75) is 32.6 Å². The Morgan fingerprint density at radius 1 is 1.37 bits per heavy atom. The highest BCUT2D eigenvalue weighted by Crippen LogP contribution is 2.46. The van der Waals surface area contributed by atoms with Crippen LogP contribution in [-0.2, 0) is 4.79 Å². The molecular weight excluding hydrogens is 240 g/mol. The normalized spacial score (nSPS) is 19.7. The van der Waals surface area contributed by atoms with Gasteiger partial charge in [-0.3, -0.25) is 4.79 Å². The molecule has 0 radical (unpaired) electrons. The van der Waals surface area contributed by atoms with E-state index in [9.17, 15) is 4.79 Å². The Labute approximate surface area is 113 Å². The number of fused-ring (bicyclic) bond motifs is 1. The molecule has 4 heteroatoms. The first-order chi connectivity index (χ1) is 9.25. The molecule has 0 bridgehead atoms. The van der Waals surface area contributed by atoms with E-state index in [-0.39, 0.29) is 11.3 Å². The second kappa shape index (κ2) is 4.76. The highest BCUT2D eigenvalue weighted by Gasteiger charge is 2.45. The van der Waals surface area contributed by atoms with E-state index in [0.29, 0.717) is 6.61 Å². The Morgan fingerprint density at radius 3 is 2.89 bits per heavy atom.